The molecule has 2 N–H and O–H groups in total. The maximum absolute atomic E-state index is 10.1. The van der Waals surface area contributed by atoms with Crippen molar-refractivity contribution in [3.8, 4) is 23.6 Å². The van der Waals surface area contributed by atoms with Crippen LogP contribution in [-0.2, 0) is 0 Å². The number of fused-ring (bicyclic) bond motifs is 1. The van der Waals surface area contributed by atoms with Crippen LogP contribution in [0.5, 0.6) is 11.5 Å². The summed E-state index contributed by atoms with van der Waals surface area (Å²) in [5, 5.41) is 20.5. The van der Waals surface area contributed by atoms with E-state index in [1.165, 1.54) is 4.57 Å². The summed E-state index contributed by atoms with van der Waals surface area (Å²) in [6.45, 7) is 0. The molecular formula is C24H18N4O3S. The lowest BCUT2D eigenvalue weighted by Crippen LogP contribution is -2.38. The fourth-order valence-electron chi connectivity index (χ4n) is 3.76. The van der Waals surface area contributed by atoms with E-state index in [1.807, 2.05) is 24.3 Å². The predicted octanol–water partition coefficient (Wildman–Crippen LogP) is 2.78. The second kappa shape index (κ2) is 8.46. The minimum absolute atomic E-state index is 0.0559. The molecule has 0 fully saturated rings. The number of benzene rings is 2. The van der Waals surface area contributed by atoms with Crippen LogP contribution < -0.4 is 26.0 Å². The van der Waals surface area contributed by atoms with Gasteiger partial charge < -0.3 is 19.6 Å². The van der Waals surface area contributed by atoms with Gasteiger partial charge in [-0.1, -0.05) is 24.3 Å². The quantitative estimate of drug-likeness (QED) is 0.619. The smallest absolute Gasteiger partial charge is 0.275 e. The van der Waals surface area contributed by atoms with Crippen LogP contribution in [0, 0.1) is 27.5 Å². The normalized spacial score (nSPS) is 15.7. The van der Waals surface area contributed by atoms with Crippen LogP contribution in [0.3, 0.4) is 0 Å². The highest BCUT2D eigenvalue weighted by molar-refractivity contribution is 7.71. The first-order valence-electron chi connectivity index (χ1n) is 9.58. The van der Waals surface area contributed by atoms with Crippen LogP contribution >= 0.6 is 12.2 Å². The molecule has 1 atom stereocenters. The van der Waals surface area contributed by atoms with Crippen molar-refractivity contribution in [2.75, 3.05) is 14.2 Å². The molecule has 1 aliphatic heterocycles. The molecule has 0 bridgehead atoms. The van der Waals surface area contributed by atoms with Gasteiger partial charge in [0.25, 0.3) is 4.84 Å². The number of aromatic nitrogens is 1. The monoisotopic (exact) mass is 442 g/mol. The molecule has 32 heavy (non-hydrogen) atoms. The number of methoxy groups -OCH3 is 2. The Balaban J connectivity index is 2.06. The summed E-state index contributed by atoms with van der Waals surface area (Å²) >= 11 is 5.38. The lowest BCUT2D eigenvalue weighted by molar-refractivity contribution is 0.414. The molecule has 1 aliphatic rings. The molecule has 2 heterocycles. The first kappa shape index (κ1) is 21.0. The van der Waals surface area contributed by atoms with Crippen molar-refractivity contribution in [1.82, 2.24) is 4.57 Å². The summed E-state index contributed by atoms with van der Waals surface area (Å²) in [7, 11) is 3.15. The van der Waals surface area contributed by atoms with Crippen molar-refractivity contribution in [3.63, 3.8) is 0 Å². The average molecular weight is 443 g/mol. The molecule has 4 rings (SSSR count). The number of nitriles is 2. The van der Waals surface area contributed by atoms with Gasteiger partial charge in [0.15, 0.2) is 5.42 Å². The summed E-state index contributed by atoms with van der Waals surface area (Å²) in [6, 6.07) is 19.0. The molecule has 2 aromatic carbocycles. The van der Waals surface area contributed by atoms with Gasteiger partial charge in [-0.3, -0.25) is 4.57 Å². The van der Waals surface area contributed by atoms with E-state index in [0.717, 1.165) is 11.1 Å². The SMILES string of the molecule is COc1ccc(C2C(C#N)=C(N)n3c(=S)oc(=Cc4cccc(OC)c4)c3=C2C#N)cc1. The maximum Gasteiger partial charge on any atom is 0.275 e. The second-order valence-electron chi connectivity index (χ2n) is 6.98. The van der Waals surface area contributed by atoms with Crippen molar-refractivity contribution >= 4 is 29.7 Å². The Morgan fingerprint density at radius 1 is 1.03 bits per heavy atom. The number of nitrogens with zero attached hydrogens (tertiary/aromatic N) is 3. The highest BCUT2D eigenvalue weighted by Gasteiger charge is 2.32. The minimum atomic E-state index is -0.666. The van der Waals surface area contributed by atoms with Crippen molar-refractivity contribution in [2.24, 2.45) is 5.73 Å². The molecule has 0 saturated heterocycles. The van der Waals surface area contributed by atoms with Gasteiger partial charge in [-0.05, 0) is 53.7 Å². The fraction of sp³-hybridized carbons (Fsp3) is 0.125. The number of allylic oxidation sites excluding steroid dienone is 1. The molecule has 1 unspecified atom stereocenters. The lowest BCUT2D eigenvalue weighted by Gasteiger charge is -2.22. The number of nitrogens with two attached hydrogens (primary N) is 1. The number of rotatable bonds is 4. The number of hydrogen-bond acceptors (Lipinski definition) is 7. The van der Waals surface area contributed by atoms with Crippen molar-refractivity contribution in [2.45, 2.75) is 5.92 Å². The largest absolute Gasteiger partial charge is 0.497 e. The van der Waals surface area contributed by atoms with Gasteiger partial charge in [-0.25, -0.2) is 0 Å². The molecule has 0 radical (unpaired) electrons. The molecule has 7 nitrogen and oxygen atoms in total. The first-order valence-corrected chi connectivity index (χ1v) is 9.99. The van der Waals surface area contributed by atoms with Crippen LogP contribution in [0.4, 0.5) is 0 Å². The van der Waals surface area contributed by atoms with Crippen LogP contribution in [0.2, 0.25) is 0 Å². The highest BCUT2D eigenvalue weighted by atomic mass is 32.1. The number of hydrogen-bond donors (Lipinski definition) is 1. The Morgan fingerprint density at radius 3 is 2.34 bits per heavy atom. The third-order valence-corrected chi connectivity index (χ3v) is 5.53. The second-order valence-corrected chi connectivity index (χ2v) is 7.33. The zero-order valence-electron chi connectivity index (χ0n) is 17.3. The summed E-state index contributed by atoms with van der Waals surface area (Å²) in [4.78, 5) is 0.0559. The summed E-state index contributed by atoms with van der Waals surface area (Å²) in [6.07, 6.45) is 1.76. The van der Waals surface area contributed by atoms with Crippen LogP contribution in [0.25, 0.3) is 17.5 Å². The molecule has 0 spiro atoms. The van der Waals surface area contributed by atoms with Gasteiger partial charge in [0, 0.05) is 0 Å². The third-order valence-electron chi connectivity index (χ3n) is 5.27. The van der Waals surface area contributed by atoms with Gasteiger partial charge in [0.05, 0.1) is 43.4 Å². The van der Waals surface area contributed by atoms with E-state index in [2.05, 4.69) is 12.1 Å². The minimum Gasteiger partial charge on any atom is -0.497 e. The maximum atomic E-state index is 10.1. The average Bonchev–Trinajstić information content (AvgIpc) is 3.15. The van der Waals surface area contributed by atoms with E-state index in [4.69, 9.17) is 31.8 Å². The van der Waals surface area contributed by atoms with E-state index >= 15 is 0 Å². The van der Waals surface area contributed by atoms with E-state index in [-0.39, 0.29) is 16.2 Å². The van der Waals surface area contributed by atoms with E-state index in [0.29, 0.717) is 27.8 Å². The number of oxazole rings is 1. The Labute approximate surface area is 189 Å². The molecule has 0 saturated carbocycles. The Hall–Kier alpha value is -4.27. The zero-order chi connectivity index (χ0) is 22.8. The van der Waals surface area contributed by atoms with Gasteiger partial charge in [0.1, 0.15) is 22.7 Å². The summed E-state index contributed by atoms with van der Waals surface area (Å²) in [5.41, 5.74) is 8.81. The van der Waals surface area contributed by atoms with Crippen molar-refractivity contribution in [1.29, 1.82) is 10.5 Å². The number of ether oxygens (including phenoxy) is 2. The van der Waals surface area contributed by atoms with Gasteiger partial charge in [0.2, 0.25) is 0 Å². The molecule has 0 amide bonds. The van der Waals surface area contributed by atoms with Gasteiger partial charge in [-0.2, -0.15) is 10.5 Å². The predicted molar refractivity (Wildman–Crippen MR) is 121 cm³/mol. The van der Waals surface area contributed by atoms with Crippen molar-refractivity contribution in [3.05, 3.63) is 80.8 Å². The molecule has 1 aromatic heterocycles. The van der Waals surface area contributed by atoms with Gasteiger partial charge >= 0.3 is 0 Å². The van der Waals surface area contributed by atoms with Gasteiger partial charge in [-0.15, -0.1) is 0 Å². The van der Waals surface area contributed by atoms with E-state index in [9.17, 15) is 10.5 Å². The van der Waals surface area contributed by atoms with Crippen LogP contribution in [0.1, 0.15) is 17.0 Å². The summed E-state index contributed by atoms with van der Waals surface area (Å²) in [5.74, 6) is 0.815. The molecule has 8 heteroatoms. The Morgan fingerprint density at radius 2 is 1.72 bits per heavy atom. The van der Waals surface area contributed by atoms with E-state index < -0.39 is 5.92 Å². The topological polar surface area (TPSA) is 110 Å². The molecular weight excluding hydrogens is 424 g/mol. The van der Waals surface area contributed by atoms with Crippen LogP contribution in [0.15, 0.2) is 58.5 Å². The highest BCUT2D eigenvalue weighted by Crippen LogP contribution is 2.36. The van der Waals surface area contributed by atoms with E-state index in [1.54, 1.807) is 44.6 Å². The first-order chi connectivity index (χ1) is 15.5. The Bertz CT molecular complexity index is 1500. The van der Waals surface area contributed by atoms with Crippen LogP contribution in [-0.4, -0.2) is 18.8 Å². The summed E-state index contributed by atoms with van der Waals surface area (Å²) < 4.78 is 17.8. The van der Waals surface area contributed by atoms with Crippen molar-refractivity contribution < 1.29 is 13.9 Å². The third kappa shape index (κ3) is 3.43. The standard InChI is InChI=1S/C24H18N4O3S/c1-29-16-8-6-15(7-9-16)21-18(12-25)22-20(11-14-4-3-5-17(10-14)30-2)31-24(32)28(22)23(27)19(21)13-26/h3-11,21H,27H2,1-2H3. The fourth-order valence-corrected chi connectivity index (χ4v) is 4.04. The molecule has 158 valence electrons. The zero-order valence-corrected chi connectivity index (χ0v) is 18.1. The molecule has 0 aliphatic carbocycles. The molecule has 3 aromatic rings. The lowest BCUT2D eigenvalue weighted by atomic mass is 9.83. The Kier molecular flexibility index (Phi) is 5.55.